The lowest BCUT2D eigenvalue weighted by molar-refractivity contribution is -0.164. The summed E-state index contributed by atoms with van der Waals surface area (Å²) in [5, 5.41) is 9.33. The maximum Gasteiger partial charge on any atom is 0.313 e. The highest BCUT2D eigenvalue weighted by molar-refractivity contribution is 6.05. The van der Waals surface area contributed by atoms with Crippen LogP contribution in [0, 0.1) is 11.8 Å². The lowest BCUT2D eigenvalue weighted by Gasteiger charge is -2.36. The Kier molecular flexibility index (Phi) is 12.0. The lowest BCUT2D eigenvalue weighted by Crippen LogP contribution is -2.56. The molecule has 2 aromatic rings. The Morgan fingerprint density at radius 1 is 0.906 bits per heavy atom. The van der Waals surface area contributed by atoms with Gasteiger partial charge in [-0.05, 0) is 69.9 Å². The van der Waals surface area contributed by atoms with Gasteiger partial charge in [-0.3, -0.25) is 19.2 Å². The summed E-state index contributed by atoms with van der Waals surface area (Å²) in [4.78, 5) is 64.9. The minimum Gasteiger partial charge on any atom is -0.455 e. The van der Waals surface area contributed by atoms with Crippen LogP contribution in [0.3, 0.4) is 0 Å². The number of hydrogen-bond acceptors (Lipinski definition) is 8. The molecule has 1 N–H and O–H groups in total. The second kappa shape index (κ2) is 16.7. The molecule has 284 valence electrons. The van der Waals surface area contributed by atoms with Crippen LogP contribution in [0.5, 0.6) is 0 Å². The molecule has 1 spiro atoms. The molecule has 6 rings (SSSR count). The Morgan fingerprint density at radius 3 is 2.32 bits per heavy atom. The summed E-state index contributed by atoms with van der Waals surface area (Å²) in [5.74, 6) is -3.22. The maximum absolute atomic E-state index is 15.2. The van der Waals surface area contributed by atoms with E-state index in [1.54, 1.807) is 27.8 Å². The number of fused-ring (bicyclic) bond motifs is 2. The average molecular weight is 727 g/mol. The third kappa shape index (κ3) is 7.38. The Morgan fingerprint density at radius 2 is 1.62 bits per heavy atom. The molecule has 2 saturated heterocycles. The molecule has 11 heteroatoms. The molecule has 0 aromatic heterocycles. The number of likely N-dealkylation sites (N-methyl/N-ethyl adjacent to an activating group) is 1. The van der Waals surface area contributed by atoms with Crippen molar-refractivity contribution in [1.29, 1.82) is 0 Å². The van der Waals surface area contributed by atoms with Crippen molar-refractivity contribution in [2.75, 3.05) is 49.6 Å². The van der Waals surface area contributed by atoms with Crippen molar-refractivity contribution >= 4 is 35.1 Å². The van der Waals surface area contributed by atoms with Crippen molar-refractivity contribution in [2.24, 2.45) is 11.8 Å². The fraction of sp³-hybridized carbons (Fsp3) is 0.524. The molecule has 53 heavy (non-hydrogen) atoms. The summed E-state index contributed by atoms with van der Waals surface area (Å²) in [6.45, 7) is 8.37. The molecule has 4 aliphatic rings. The van der Waals surface area contributed by atoms with Gasteiger partial charge in [0.15, 0.2) is 0 Å². The number of rotatable bonds is 11. The monoisotopic (exact) mass is 726 g/mol. The number of ether oxygens (including phenoxy) is 2. The van der Waals surface area contributed by atoms with E-state index in [-0.39, 0.29) is 37.3 Å². The molecule has 0 aliphatic carbocycles. The summed E-state index contributed by atoms with van der Waals surface area (Å²) in [7, 11) is 1.72. The van der Waals surface area contributed by atoms with Crippen LogP contribution < -0.4 is 9.80 Å². The first-order chi connectivity index (χ1) is 25.7. The number of allylic oxidation sites excluding steroid dienone is 1. The Labute approximate surface area is 313 Å². The molecule has 4 heterocycles. The number of aliphatic hydroxyl groups excluding tert-OH is 1. The van der Waals surface area contributed by atoms with Gasteiger partial charge in [-0.1, -0.05) is 67.5 Å². The predicted octanol–water partition coefficient (Wildman–Crippen LogP) is 5.05. The zero-order valence-corrected chi connectivity index (χ0v) is 31.4. The van der Waals surface area contributed by atoms with E-state index in [1.165, 1.54) is 0 Å². The first kappa shape index (κ1) is 38.3. The van der Waals surface area contributed by atoms with Gasteiger partial charge in [0.2, 0.25) is 11.8 Å². The number of esters is 1. The SMILES string of the molecule is CCN(CC)c1ccc(N2C/C=C\CCC(=O)N(C)[C@@H](C)[C@H](c3ccccc3)OC(=O)[C@@H]3[C@H]4C(=O)N(CCCCCCO)[C@H](C2=O)[C@]42C=C[C@H]3O2)cc1. The molecule has 0 radical (unpaired) electrons. The minimum atomic E-state index is -1.36. The third-order valence-electron chi connectivity index (χ3n) is 11.5. The quantitative estimate of drug-likeness (QED) is 0.194. The number of likely N-dealkylation sites (tertiary alicyclic amines) is 1. The molecule has 5 bridgehead atoms. The summed E-state index contributed by atoms with van der Waals surface area (Å²) in [6.07, 6.45) is 9.47. The maximum atomic E-state index is 15.2. The smallest absolute Gasteiger partial charge is 0.313 e. The number of carbonyl (C=O) groups excluding carboxylic acids is 4. The number of hydrogen-bond donors (Lipinski definition) is 1. The van der Waals surface area contributed by atoms with E-state index in [0.29, 0.717) is 31.5 Å². The molecule has 2 fully saturated rings. The van der Waals surface area contributed by atoms with Crippen LogP contribution in [0.25, 0.3) is 0 Å². The Bertz CT molecular complexity index is 1680. The fourth-order valence-electron chi connectivity index (χ4n) is 8.51. The second-order valence-corrected chi connectivity index (χ2v) is 14.5. The van der Waals surface area contributed by atoms with E-state index in [4.69, 9.17) is 9.47 Å². The molecule has 11 nitrogen and oxygen atoms in total. The first-order valence-corrected chi connectivity index (χ1v) is 19.3. The summed E-state index contributed by atoms with van der Waals surface area (Å²) >= 11 is 0. The largest absolute Gasteiger partial charge is 0.455 e. The number of anilines is 2. The van der Waals surface area contributed by atoms with Crippen LogP contribution in [0.2, 0.25) is 0 Å². The molecule has 0 unspecified atom stereocenters. The van der Waals surface area contributed by atoms with Gasteiger partial charge in [0, 0.05) is 57.6 Å². The van der Waals surface area contributed by atoms with Crippen molar-refractivity contribution in [3.05, 3.63) is 84.5 Å². The number of aliphatic hydroxyl groups is 1. The normalized spacial score (nSPS) is 29.5. The Hall–Kier alpha value is -4.48. The molecular weight excluding hydrogens is 672 g/mol. The van der Waals surface area contributed by atoms with Crippen LogP contribution in [0.4, 0.5) is 11.4 Å². The van der Waals surface area contributed by atoms with Crippen LogP contribution in [-0.4, -0.2) is 102 Å². The minimum absolute atomic E-state index is 0.0981. The van der Waals surface area contributed by atoms with Crippen molar-refractivity contribution in [3.63, 3.8) is 0 Å². The van der Waals surface area contributed by atoms with Crippen molar-refractivity contribution in [1.82, 2.24) is 9.80 Å². The number of nitrogens with zero attached hydrogens (tertiary/aromatic N) is 4. The lowest BCUT2D eigenvalue weighted by atomic mass is 9.74. The van der Waals surface area contributed by atoms with Crippen LogP contribution in [0.15, 0.2) is 78.9 Å². The van der Waals surface area contributed by atoms with Gasteiger partial charge in [0.1, 0.15) is 23.7 Å². The van der Waals surface area contributed by atoms with E-state index in [9.17, 15) is 19.5 Å². The summed E-state index contributed by atoms with van der Waals surface area (Å²) < 4.78 is 13.0. The first-order valence-electron chi connectivity index (χ1n) is 19.3. The van der Waals surface area contributed by atoms with Crippen molar-refractivity contribution in [2.45, 2.75) is 89.2 Å². The van der Waals surface area contributed by atoms with Gasteiger partial charge < -0.3 is 34.2 Å². The molecular formula is C42H54N4O7. The summed E-state index contributed by atoms with van der Waals surface area (Å²) in [5.41, 5.74) is 1.09. The zero-order valence-electron chi connectivity index (χ0n) is 31.4. The summed E-state index contributed by atoms with van der Waals surface area (Å²) in [6, 6.07) is 15.7. The van der Waals surface area contributed by atoms with Crippen molar-refractivity contribution in [3.8, 4) is 0 Å². The average Bonchev–Trinajstić information content (AvgIpc) is 3.82. The van der Waals surface area contributed by atoms with Gasteiger partial charge in [-0.25, -0.2) is 0 Å². The Balaban J connectivity index is 1.42. The topological polar surface area (TPSA) is 120 Å². The number of carbonyl (C=O) groups is 4. The predicted molar refractivity (Wildman–Crippen MR) is 203 cm³/mol. The van der Waals surface area contributed by atoms with Gasteiger partial charge in [0.05, 0.1) is 18.1 Å². The van der Waals surface area contributed by atoms with Gasteiger partial charge in [-0.15, -0.1) is 0 Å². The van der Waals surface area contributed by atoms with E-state index in [1.807, 2.05) is 79.7 Å². The van der Waals surface area contributed by atoms with Gasteiger partial charge in [-0.2, -0.15) is 0 Å². The molecule has 0 saturated carbocycles. The van der Waals surface area contributed by atoms with Gasteiger partial charge in [0.25, 0.3) is 5.91 Å². The zero-order chi connectivity index (χ0) is 37.7. The number of unbranched alkanes of at least 4 members (excludes halogenated alkanes) is 3. The van der Waals surface area contributed by atoms with E-state index < -0.39 is 47.7 Å². The molecule has 4 aliphatic heterocycles. The molecule has 2 aromatic carbocycles. The van der Waals surface area contributed by atoms with E-state index in [2.05, 4.69) is 18.7 Å². The molecule has 3 amide bonds. The number of cyclic esters (lactones) is 1. The van der Waals surface area contributed by atoms with Gasteiger partial charge >= 0.3 is 5.97 Å². The number of benzene rings is 2. The highest BCUT2D eigenvalue weighted by Gasteiger charge is 2.73. The molecule has 7 atom stereocenters. The van der Waals surface area contributed by atoms with Crippen LogP contribution in [-0.2, 0) is 28.7 Å². The second-order valence-electron chi connectivity index (χ2n) is 14.5. The third-order valence-corrected chi connectivity index (χ3v) is 11.5. The standard InChI is InChI=1S/C42H54N4O7/c1-5-44(6-2)31-20-22-32(23-21-31)45-26-15-10-13-19-34(48)43(4)29(3)37(30-17-11-9-12-18-30)52-41(51)35-33-24-25-42(53-33)36(35)39(49)46(38(42)40(45)50)27-14-7-8-16-28-47/h9-12,15,17-18,20-25,29,33,35-38,47H,5-8,13-14,16,19,26-28H2,1-4H3/b15-10-/t29-,33+,35-,36-,37+,38+,42-/m0/s1. The van der Waals surface area contributed by atoms with Crippen molar-refractivity contribution < 1.29 is 33.8 Å². The highest BCUT2D eigenvalue weighted by Crippen LogP contribution is 2.56. The van der Waals surface area contributed by atoms with E-state index in [0.717, 1.165) is 37.2 Å². The van der Waals surface area contributed by atoms with Crippen LogP contribution in [0.1, 0.15) is 71.0 Å². The van der Waals surface area contributed by atoms with Crippen LogP contribution >= 0.6 is 0 Å². The highest BCUT2D eigenvalue weighted by atomic mass is 16.6. The van der Waals surface area contributed by atoms with E-state index >= 15 is 4.79 Å². The number of amides is 3. The fourth-order valence-corrected chi connectivity index (χ4v) is 8.51.